The molecule has 0 fully saturated rings. The average Bonchev–Trinajstić information content (AvgIpc) is 3.04. The molecule has 0 spiro atoms. The van der Waals surface area contributed by atoms with Crippen molar-refractivity contribution in [1.29, 1.82) is 0 Å². The smallest absolute Gasteiger partial charge is 0.260 e. The molecule has 0 saturated heterocycles. The second-order valence-corrected chi connectivity index (χ2v) is 6.18. The molecule has 2 amide bonds. The number of hydrogen-bond acceptors (Lipinski definition) is 4. The van der Waals surface area contributed by atoms with Gasteiger partial charge in [0.25, 0.3) is 11.8 Å². The van der Waals surface area contributed by atoms with E-state index in [1.807, 2.05) is 13.0 Å². The van der Waals surface area contributed by atoms with Crippen LogP contribution in [0, 0.1) is 13.8 Å². The number of anilines is 2. The van der Waals surface area contributed by atoms with Gasteiger partial charge in [-0.15, -0.1) is 0 Å². The lowest BCUT2D eigenvalue weighted by molar-refractivity contribution is 0.101. The summed E-state index contributed by atoms with van der Waals surface area (Å²) >= 11 is 5.83. The molecule has 1 aromatic heterocycles. The molecule has 2 aromatic carbocycles. The van der Waals surface area contributed by atoms with Crippen LogP contribution in [0.5, 0.6) is 0 Å². The van der Waals surface area contributed by atoms with E-state index in [1.165, 1.54) is 6.20 Å². The Balaban J connectivity index is 1.77. The van der Waals surface area contributed by atoms with E-state index in [2.05, 4.69) is 15.8 Å². The Hall–Kier alpha value is -3.12. The Morgan fingerprint density at radius 1 is 1.00 bits per heavy atom. The summed E-state index contributed by atoms with van der Waals surface area (Å²) in [6.07, 6.45) is 1.37. The molecular weight excluding hydrogens is 354 g/mol. The molecule has 2 N–H and O–H groups in total. The molecule has 7 heteroatoms. The van der Waals surface area contributed by atoms with Crippen LogP contribution in [0.25, 0.3) is 0 Å². The van der Waals surface area contributed by atoms with Crippen LogP contribution in [0.3, 0.4) is 0 Å². The van der Waals surface area contributed by atoms with Crippen LogP contribution >= 0.6 is 11.6 Å². The Morgan fingerprint density at radius 3 is 2.38 bits per heavy atom. The maximum atomic E-state index is 12.3. The zero-order chi connectivity index (χ0) is 18.7. The molecular formula is C19H16ClN3O3. The molecule has 26 heavy (non-hydrogen) atoms. The monoisotopic (exact) mass is 369 g/mol. The molecule has 0 aliphatic rings. The first-order valence-electron chi connectivity index (χ1n) is 7.84. The Labute approximate surface area is 155 Å². The number of aromatic nitrogens is 1. The maximum Gasteiger partial charge on any atom is 0.260 e. The van der Waals surface area contributed by atoms with Gasteiger partial charge in [0.15, 0.2) is 0 Å². The number of carbonyl (C=O) groups excluding carboxylic acids is 2. The molecule has 0 atom stereocenters. The van der Waals surface area contributed by atoms with Crippen LogP contribution in [0.15, 0.2) is 53.2 Å². The molecule has 0 aliphatic carbocycles. The molecule has 0 unspecified atom stereocenters. The van der Waals surface area contributed by atoms with Gasteiger partial charge in [-0.1, -0.05) is 22.8 Å². The van der Waals surface area contributed by atoms with E-state index < -0.39 is 0 Å². The Morgan fingerprint density at radius 2 is 1.73 bits per heavy atom. The first-order valence-corrected chi connectivity index (χ1v) is 8.22. The lowest BCUT2D eigenvalue weighted by atomic mass is 10.1. The summed E-state index contributed by atoms with van der Waals surface area (Å²) in [7, 11) is 0. The second-order valence-electron chi connectivity index (χ2n) is 5.74. The standard InChI is InChI=1S/C19H16ClN3O3/c1-11-3-8-15(22-18(24)13-4-6-14(20)7-5-13)9-17(11)23-19(25)16-10-21-26-12(16)2/h3-10H,1-2H3,(H,22,24)(H,23,25). The van der Waals surface area contributed by atoms with Gasteiger partial charge >= 0.3 is 0 Å². The van der Waals surface area contributed by atoms with Gasteiger partial charge in [0.05, 0.1) is 6.20 Å². The highest BCUT2D eigenvalue weighted by Crippen LogP contribution is 2.22. The molecule has 3 aromatic rings. The fourth-order valence-electron chi connectivity index (χ4n) is 2.35. The van der Waals surface area contributed by atoms with Gasteiger partial charge < -0.3 is 15.2 Å². The minimum atomic E-state index is -0.326. The van der Waals surface area contributed by atoms with Gasteiger partial charge in [-0.3, -0.25) is 9.59 Å². The summed E-state index contributed by atoms with van der Waals surface area (Å²) in [6.45, 7) is 3.53. The second kappa shape index (κ2) is 7.41. The minimum absolute atomic E-state index is 0.266. The minimum Gasteiger partial charge on any atom is -0.361 e. The summed E-state index contributed by atoms with van der Waals surface area (Å²) in [5.74, 6) is -0.155. The highest BCUT2D eigenvalue weighted by Gasteiger charge is 2.14. The van der Waals surface area contributed by atoms with Crippen molar-refractivity contribution in [2.45, 2.75) is 13.8 Å². The summed E-state index contributed by atoms with van der Waals surface area (Å²) in [6, 6.07) is 11.9. The van der Waals surface area contributed by atoms with E-state index in [9.17, 15) is 9.59 Å². The van der Waals surface area contributed by atoms with E-state index in [4.69, 9.17) is 16.1 Å². The summed E-state index contributed by atoms with van der Waals surface area (Å²) in [4.78, 5) is 24.6. The third kappa shape index (κ3) is 3.92. The highest BCUT2D eigenvalue weighted by atomic mass is 35.5. The first kappa shape index (κ1) is 17.7. The molecule has 0 bridgehead atoms. The number of benzene rings is 2. The van der Waals surface area contributed by atoms with Crippen molar-refractivity contribution in [3.8, 4) is 0 Å². The van der Waals surface area contributed by atoms with Crippen LogP contribution in [-0.2, 0) is 0 Å². The number of aryl methyl sites for hydroxylation is 2. The van der Waals surface area contributed by atoms with Crippen LogP contribution in [-0.4, -0.2) is 17.0 Å². The predicted molar refractivity (Wildman–Crippen MR) is 99.8 cm³/mol. The number of hydrogen-bond donors (Lipinski definition) is 2. The predicted octanol–water partition coefficient (Wildman–Crippen LogP) is 4.45. The number of nitrogens with zero attached hydrogens (tertiary/aromatic N) is 1. The van der Waals surface area contributed by atoms with Gasteiger partial charge in [0, 0.05) is 22.0 Å². The lowest BCUT2D eigenvalue weighted by Gasteiger charge is -2.11. The zero-order valence-electron chi connectivity index (χ0n) is 14.2. The van der Waals surface area contributed by atoms with E-state index in [0.717, 1.165) is 5.56 Å². The first-order chi connectivity index (χ1) is 12.4. The largest absolute Gasteiger partial charge is 0.361 e. The quantitative estimate of drug-likeness (QED) is 0.711. The van der Waals surface area contributed by atoms with Crippen LogP contribution < -0.4 is 10.6 Å². The van der Waals surface area contributed by atoms with Gasteiger partial charge in [0.2, 0.25) is 0 Å². The molecule has 3 rings (SSSR count). The number of nitrogens with one attached hydrogen (secondary N) is 2. The summed E-state index contributed by atoms with van der Waals surface area (Å²) in [5.41, 5.74) is 2.86. The van der Waals surface area contributed by atoms with Gasteiger partial charge in [-0.05, 0) is 55.8 Å². The normalized spacial score (nSPS) is 10.4. The van der Waals surface area contributed by atoms with E-state index in [-0.39, 0.29) is 11.8 Å². The van der Waals surface area contributed by atoms with Crippen molar-refractivity contribution in [2.75, 3.05) is 10.6 Å². The highest BCUT2D eigenvalue weighted by molar-refractivity contribution is 6.30. The van der Waals surface area contributed by atoms with E-state index in [1.54, 1.807) is 43.3 Å². The van der Waals surface area contributed by atoms with Crippen LogP contribution in [0.2, 0.25) is 5.02 Å². The molecule has 6 nitrogen and oxygen atoms in total. The Bertz CT molecular complexity index is 964. The lowest BCUT2D eigenvalue weighted by Crippen LogP contribution is -2.15. The topological polar surface area (TPSA) is 84.2 Å². The number of halogens is 1. The van der Waals surface area contributed by atoms with E-state index >= 15 is 0 Å². The molecule has 132 valence electrons. The number of rotatable bonds is 4. The van der Waals surface area contributed by atoms with Crippen molar-refractivity contribution < 1.29 is 14.1 Å². The van der Waals surface area contributed by atoms with Gasteiger partial charge in [0.1, 0.15) is 11.3 Å². The van der Waals surface area contributed by atoms with Gasteiger partial charge in [-0.2, -0.15) is 0 Å². The Kier molecular flexibility index (Phi) is 5.04. The summed E-state index contributed by atoms with van der Waals surface area (Å²) in [5, 5.41) is 9.77. The third-order valence-corrected chi connectivity index (χ3v) is 4.10. The molecule has 0 radical (unpaired) electrons. The van der Waals surface area contributed by atoms with Crippen LogP contribution in [0.4, 0.5) is 11.4 Å². The third-order valence-electron chi connectivity index (χ3n) is 3.85. The van der Waals surface area contributed by atoms with Crippen molar-refractivity contribution in [1.82, 2.24) is 5.16 Å². The van der Waals surface area contributed by atoms with Crippen LogP contribution in [0.1, 0.15) is 32.0 Å². The molecule has 0 aliphatic heterocycles. The fraction of sp³-hybridized carbons (Fsp3) is 0.105. The van der Waals surface area contributed by atoms with E-state index in [0.29, 0.717) is 33.3 Å². The summed E-state index contributed by atoms with van der Waals surface area (Å²) < 4.78 is 4.91. The van der Waals surface area contributed by atoms with Crippen molar-refractivity contribution in [3.63, 3.8) is 0 Å². The molecule has 1 heterocycles. The van der Waals surface area contributed by atoms with Crippen molar-refractivity contribution >= 4 is 34.8 Å². The van der Waals surface area contributed by atoms with Gasteiger partial charge in [-0.25, -0.2) is 0 Å². The molecule has 0 saturated carbocycles. The number of amides is 2. The zero-order valence-corrected chi connectivity index (χ0v) is 14.9. The fourth-order valence-corrected chi connectivity index (χ4v) is 2.47. The number of carbonyl (C=O) groups is 2. The SMILES string of the molecule is Cc1ccc(NC(=O)c2ccc(Cl)cc2)cc1NC(=O)c1cnoc1C. The average molecular weight is 370 g/mol. The van der Waals surface area contributed by atoms with Crippen molar-refractivity contribution in [3.05, 3.63) is 76.1 Å². The van der Waals surface area contributed by atoms with Crippen molar-refractivity contribution in [2.24, 2.45) is 0 Å². The maximum absolute atomic E-state index is 12.3.